The molecule has 2 heteroatoms. The third kappa shape index (κ3) is 4.02. The Kier molecular flexibility index (Phi) is 5.37. The highest BCUT2D eigenvalue weighted by atomic mass is 16.3. The van der Waals surface area contributed by atoms with Gasteiger partial charge in [0.1, 0.15) is 0 Å². The first-order valence-electron chi connectivity index (χ1n) is 5.69. The predicted molar refractivity (Wildman–Crippen MR) is 63.8 cm³/mol. The lowest BCUT2D eigenvalue weighted by Crippen LogP contribution is -2.32. The van der Waals surface area contributed by atoms with E-state index in [0.29, 0.717) is 6.04 Å². The maximum absolute atomic E-state index is 9.33. The molecule has 0 fully saturated rings. The van der Waals surface area contributed by atoms with Crippen LogP contribution in [0.15, 0.2) is 30.3 Å². The fraction of sp³-hybridized carbons (Fsp3) is 0.538. The topological polar surface area (TPSA) is 32.3 Å². The Balaban J connectivity index is 2.56. The lowest BCUT2D eigenvalue weighted by atomic mass is 10.1. The van der Waals surface area contributed by atoms with E-state index < -0.39 is 0 Å². The van der Waals surface area contributed by atoms with Gasteiger partial charge in [-0.3, -0.25) is 0 Å². The lowest BCUT2D eigenvalue weighted by molar-refractivity contribution is 0.233. The van der Waals surface area contributed by atoms with Crippen LogP contribution < -0.4 is 5.32 Å². The highest BCUT2D eigenvalue weighted by Gasteiger charge is 2.11. The van der Waals surface area contributed by atoms with Gasteiger partial charge in [0.05, 0.1) is 12.6 Å². The third-order valence-corrected chi connectivity index (χ3v) is 2.59. The zero-order valence-electron chi connectivity index (χ0n) is 9.61. The van der Waals surface area contributed by atoms with Gasteiger partial charge in [0, 0.05) is 6.04 Å². The molecule has 0 unspecified atom stereocenters. The summed E-state index contributed by atoms with van der Waals surface area (Å²) in [5, 5.41) is 12.8. The van der Waals surface area contributed by atoms with Crippen molar-refractivity contribution < 1.29 is 5.11 Å². The van der Waals surface area contributed by atoms with Crippen molar-refractivity contribution in [1.82, 2.24) is 5.32 Å². The van der Waals surface area contributed by atoms with Crippen molar-refractivity contribution in [3.63, 3.8) is 0 Å². The van der Waals surface area contributed by atoms with Crippen molar-refractivity contribution in [3.05, 3.63) is 35.9 Å². The van der Waals surface area contributed by atoms with Gasteiger partial charge in [-0.15, -0.1) is 0 Å². The number of hydrogen-bond donors (Lipinski definition) is 2. The molecule has 2 atom stereocenters. The van der Waals surface area contributed by atoms with Crippen LogP contribution in [0.4, 0.5) is 0 Å². The first kappa shape index (κ1) is 12.2. The number of hydrogen-bond acceptors (Lipinski definition) is 2. The number of nitrogens with one attached hydrogen (secondary N) is 1. The maximum Gasteiger partial charge on any atom is 0.0626 e. The highest BCUT2D eigenvalue weighted by molar-refractivity contribution is 5.18. The van der Waals surface area contributed by atoms with Crippen LogP contribution in [-0.4, -0.2) is 17.8 Å². The summed E-state index contributed by atoms with van der Waals surface area (Å²) in [5.74, 6) is 0. The molecule has 0 aliphatic carbocycles. The van der Waals surface area contributed by atoms with E-state index in [4.69, 9.17) is 0 Å². The Labute approximate surface area is 92.3 Å². The smallest absolute Gasteiger partial charge is 0.0626 e. The molecule has 1 aromatic rings. The molecule has 0 radical (unpaired) electrons. The molecule has 1 rings (SSSR count). The standard InChI is InChI=1S/C13H21NO/c1-3-7-11(2)14-13(10-15)12-8-5-4-6-9-12/h4-6,8-9,11,13-15H,3,7,10H2,1-2H3/t11-,13-/m1/s1. The van der Waals surface area contributed by atoms with Crippen molar-refractivity contribution in [3.8, 4) is 0 Å². The summed E-state index contributed by atoms with van der Waals surface area (Å²) >= 11 is 0. The molecule has 0 spiro atoms. The fourth-order valence-electron chi connectivity index (χ4n) is 1.80. The number of aliphatic hydroxyl groups excluding tert-OH is 1. The molecule has 15 heavy (non-hydrogen) atoms. The van der Waals surface area contributed by atoms with E-state index in [1.165, 1.54) is 6.42 Å². The molecule has 0 saturated carbocycles. The first-order valence-corrected chi connectivity index (χ1v) is 5.69. The van der Waals surface area contributed by atoms with Gasteiger partial charge < -0.3 is 10.4 Å². The third-order valence-electron chi connectivity index (χ3n) is 2.59. The second-order valence-corrected chi connectivity index (χ2v) is 4.00. The van der Waals surface area contributed by atoms with Crippen molar-refractivity contribution in [1.29, 1.82) is 0 Å². The normalized spacial score (nSPS) is 14.9. The molecule has 0 aliphatic heterocycles. The average Bonchev–Trinajstić information content (AvgIpc) is 2.27. The summed E-state index contributed by atoms with van der Waals surface area (Å²) in [7, 11) is 0. The van der Waals surface area contributed by atoms with Crippen LogP contribution in [0.2, 0.25) is 0 Å². The van der Waals surface area contributed by atoms with E-state index in [0.717, 1.165) is 12.0 Å². The van der Waals surface area contributed by atoms with Gasteiger partial charge >= 0.3 is 0 Å². The molecule has 0 saturated heterocycles. The summed E-state index contributed by atoms with van der Waals surface area (Å²) in [6, 6.07) is 10.6. The van der Waals surface area contributed by atoms with E-state index in [-0.39, 0.29) is 12.6 Å². The van der Waals surface area contributed by atoms with Crippen LogP contribution in [0.3, 0.4) is 0 Å². The van der Waals surface area contributed by atoms with Gasteiger partial charge in [-0.1, -0.05) is 43.7 Å². The minimum atomic E-state index is 0.0627. The molecule has 0 heterocycles. The Morgan fingerprint density at radius 2 is 1.93 bits per heavy atom. The van der Waals surface area contributed by atoms with Gasteiger partial charge in [0.2, 0.25) is 0 Å². The Morgan fingerprint density at radius 3 is 2.47 bits per heavy atom. The van der Waals surface area contributed by atoms with Gasteiger partial charge in [-0.2, -0.15) is 0 Å². The molecule has 2 N–H and O–H groups in total. The van der Waals surface area contributed by atoms with Crippen LogP contribution in [0, 0.1) is 0 Å². The van der Waals surface area contributed by atoms with Gasteiger partial charge in [-0.25, -0.2) is 0 Å². The quantitative estimate of drug-likeness (QED) is 0.751. The maximum atomic E-state index is 9.33. The number of aliphatic hydroxyl groups is 1. The second kappa shape index (κ2) is 6.59. The zero-order chi connectivity index (χ0) is 11.1. The van der Waals surface area contributed by atoms with Crippen molar-refractivity contribution >= 4 is 0 Å². The minimum Gasteiger partial charge on any atom is -0.394 e. The Hall–Kier alpha value is -0.860. The van der Waals surface area contributed by atoms with Crippen LogP contribution in [0.1, 0.15) is 38.3 Å². The van der Waals surface area contributed by atoms with E-state index in [1.807, 2.05) is 30.3 Å². The lowest BCUT2D eigenvalue weighted by Gasteiger charge is -2.21. The van der Waals surface area contributed by atoms with Gasteiger partial charge in [0.15, 0.2) is 0 Å². The van der Waals surface area contributed by atoms with Gasteiger partial charge in [-0.05, 0) is 18.9 Å². The summed E-state index contributed by atoms with van der Waals surface area (Å²) in [6.07, 6.45) is 2.31. The summed E-state index contributed by atoms with van der Waals surface area (Å²) < 4.78 is 0. The van der Waals surface area contributed by atoms with Crippen molar-refractivity contribution in [2.75, 3.05) is 6.61 Å². The molecular weight excluding hydrogens is 186 g/mol. The molecule has 0 bridgehead atoms. The monoisotopic (exact) mass is 207 g/mol. The van der Waals surface area contributed by atoms with Crippen LogP contribution in [0.5, 0.6) is 0 Å². The van der Waals surface area contributed by atoms with Crippen molar-refractivity contribution in [2.45, 2.75) is 38.8 Å². The molecule has 0 amide bonds. The number of rotatable bonds is 6. The molecule has 2 nitrogen and oxygen atoms in total. The predicted octanol–water partition coefficient (Wildman–Crippen LogP) is 2.50. The number of benzene rings is 1. The molecule has 0 aliphatic rings. The van der Waals surface area contributed by atoms with Crippen LogP contribution >= 0.6 is 0 Å². The largest absolute Gasteiger partial charge is 0.394 e. The molecule has 1 aromatic carbocycles. The first-order chi connectivity index (χ1) is 7.27. The van der Waals surface area contributed by atoms with Crippen LogP contribution in [-0.2, 0) is 0 Å². The molecule has 84 valence electrons. The summed E-state index contributed by atoms with van der Waals surface area (Å²) in [6.45, 7) is 4.49. The second-order valence-electron chi connectivity index (χ2n) is 4.00. The Morgan fingerprint density at radius 1 is 1.27 bits per heavy atom. The van der Waals surface area contributed by atoms with E-state index in [9.17, 15) is 5.11 Å². The SMILES string of the molecule is CCC[C@@H](C)N[C@H](CO)c1ccccc1. The summed E-state index contributed by atoms with van der Waals surface area (Å²) in [5.41, 5.74) is 1.16. The summed E-state index contributed by atoms with van der Waals surface area (Å²) in [4.78, 5) is 0. The van der Waals surface area contributed by atoms with E-state index in [2.05, 4.69) is 19.2 Å². The van der Waals surface area contributed by atoms with E-state index in [1.54, 1.807) is 0 Å². The van der Waals surface area contributed by atoms with E-state index >= 15 is 0 Å². The van der Waals surface area contributed by atoms with Gasteiger partial charge in [0.25, 0.3) is 0 Å². The highest BCUT2D eigenvalue weighted by Crippen LogP contribution is 2.13. The van der Waals surface area contributed by atoms with Crippen molar-refractivity contribution in [2.24, 2.45) is 0 Å². The fourth-order valence-corrected chi connectivity index (χ4v) is 1.80. The zero-order valence-corrected chi connectivity index (χ0v) is 9.61. The molecule has 0 aromatic heterocycles. The Bertz CT molecular complexity index is 260. The minimum absolute atomic E-state index is 0.0627. The van der Waals surface area contributed by atoms with Crippen LogP contribution in [0.25, 0.3) is 0 Å². The molecular formula is C13H21NO. The average molecular weight is 207 g/mol.